The van der Waals surface area contributed by atoms with E-state index in [-0.39, 0.29) is 19.1 Å². The number of hydrogen-bond donors (Lipinski definition) is 3. The standard InChI is InChI=1S/C66H129N2O6P/c1-6-8-10-12-14-16-18-20-22-24-26-28-30-32-34-35-37-39-41-43-45-47-49-51-53-55-57-59-65(69)64(63-74-75(71,72)73-62-61-68(3,4)5)67-66(70)60-58-56-54-52-50-48-46-44-42-40-38-36-33-31-29-27-25-23-21-19-17-15-13-11-9-7-2/h41,43,49,51,57,59,64-65,69H,6-40,42,44-48,50,52-56,58,60-63H2,1-5H3,(H-,67,70,71,72)/p+1/b43-41+,51-49+,59-57+. The average Bonchev–Trinajstić information content (AvgIpc) is 3.37. The van der Waals surface area contributed by atoms with E-state index in [1.165, 1.54) is 263 Å². The van der Waals surface area contributed by atoms with Gasteiger partial charge in [-0.2, -0.15) is 0 Å². The second-order valence-corrected chi connectivity index (χ2v) is 25.3. The predicted molar refractivity (Wildman–Crippen MR) is 328 cm³/mol. The van der Waals surface area contributed by atoms with Gasteiger partial charge < -0.3 is 19.8 Å². The lowest BCUT2D eigenvalue weighted by Gasteiger charge is -2.25. The van der Waals surface area contributed by atoms with E-state index in [2.05, 4.69) is 43.5 Å². The highest BCUT2D eigenvalue weighted by Crippen LogP contribution is 2.43. The first-order chi connectivity index (χ1) is 36.5. The summed E-state index contributed by atoms with van der Waals surface area (Å²) in [6.45, 7) is 4.84. The van der Waals surface area contributed by atoms with E-state index in [4.69, 9.17) is 9.05 Å². The number of phosphoric ester groups is 1. The molecule has 0 radical (unpaired) electrons. The number of nitrogens with zero attached hydrogens (tertiary/aromatic N) is 1. The molecule has 0 rings (SSSR count). The van der Waals surface area contributed by atoms with E-state index in [0.717, 1.165) is 44.9 Å². The average molecular weight is 1080 g/mol. The largest absolute Gasteiger partial charge is 0.472 e. The summed E-state index contributed by atoms with van der Waals surface area (Å²) in [5.41, 5.74) is 0. The molecule has 0 aromatic heterocycles. The summed E-state index contributed by atoms with van der Waals surface area (Å²) in [4.78, 5) is 23.4. The van der Waals surface area contributed by atoms with Crippen LogP contribution in [0.2, 0.25) is 0 Å². The van der Waals surface area contributed by atoms with Gasteiger partial charge in [0.2, 0.25) is 5.91 Å². The number of carbonyl (C=O) groups excluding carboxylic acids is 1. The number of aliphatic hydroxyl groups excluding tert-OH is 1. The molecule has 0 saturated carbocycles. The molecule has 0 aliphatic rings. The molecule has 75 heavy (non-hydrogen) atoms. The second-order valence-electron chi connectivity index (χ2n) is 23.8. The van der Waals surface area contributed by atoms with E-state index in [1.54, 1.807) is 6.08 Å². The minimum atomic E-state index is -4.36. The smallest absolute Gasteiger partial charge is 0.387 e. The van der Waals surface area contributed by atoms with E-state index in [9.17, 15) is 19.4 Å². The molecule has 0 bridgehead atoms. The number of aliphatic hydroxyl groups is 1. The molecule has 3 atom stereocenters. The fourth-order valence-corrected chi connectivity index (χ4v) is 10.7. The molecule has 0 saturated heterocycles. The third kappa shape index (κ3) is 60.2. The minimum Gasteiger partial charge on any atom is -0.387 e. The summed E-state index contributed by atoms with van der Waals surface area (Å²) in [5, 5.41) is 14.0. The van der Waals surface area contributed by atoms with Gasteiger partial charge in [-0.15, -0.1) is 0 Å². The van der Waals surface area contributed by atoms with Crippen molar-refractivity contribution < 1.29 is 32.9 Å². The Balaban J connectivity index is 4.16. The quantitative estimate of drug-likeness (QED) is 0.0243. The summed E-state index contributed by atoms with van der Waals surface area (Å²) in [6, 6.07) is -0.869. The number of unbranched alkanes of at least 4 members (excludes halogenated alkanes) is 44. The van der Waals surface area contributed by atoms with E-state index >= 15 is 0 Å². The number of phosphoric acid groups is 1. The predicted octanol–water partition coefficient (Wildman–Crippen LogP) is 20.5. The van der Waals surface area contributed by atoms with E-state index < -0.39 is 20.0 Å². The number of rotatable bonds is 61. The first kappa shape index (κ1) is 73.7. The summed E-state index contributed by atoms with van der Waals surface area (Å²) in [6.07, 6.45) is 75.7. The Hall–Kier alpha value is -1.28. The van der Waals surface area contributed by atoms with Crippen molar-refractivity contribution in [2.45, 2.75) is 341 Å². The number of carbonyl (C=O) groups is 1. The molecule has 3 N–H and O–H groups in total. The van der Waals surface area contributed by atoms with Crippen molar-refractivity contribution in [1.82, 2.24) is 5.32 Å². The van der Waals surface area contributed by atoms with Gasteiger partial charge in [0.1, 0.15) is 13.2 Å². The fraction of sp³-hybridized carbons (Fsp3) is 0.894. The van der Waals surface area contributed by atoms with Gasteiger partial charge >= 0.3 is 7.82 Å². The molecule has 1 amide bonds. The van der Waals surface area contributed by atoms with Crippen molar-refractivity contribution in [2.75, 3.05) is 40.9 Å². The van der Waals surface area contributed by atoms with Gasteiger partial charge in [-0.25, -0.2) is 4.57 Å². The van der Waals surface area contributed by atoms with Crippen molar-refractivity contribution in [2.24, 2.45) is 0 Å². The Morgan fingerprint density at radius 2 is 0.733 bits per heavy atom. The van der Waals surface area contributed by atoms with Gasteiger partial charge in [-0.1, -0.05) is 314 Å². The van der Waals surface area contributed by atoms with Gasteiger partial charge in [0, 0.05) is 6.42 Å². The number of allylic oxidation sites excluding steroid dienone is 5. The topological polar surface area (TPSA) is 105 Å². The number of nitrogens with one attached hydrogen (secondary N) is 1. The lowest BCUT2D eigenvalue weighted by atomic mass is 10.0. The van der Waals surface area contributed by atoms with E-state index in [1.807, 2.05) is 27.2 Å². The van der Waals surface area contributed by atoms with Crippen LogP contribution in [0.4, 0.5) is 0 Å². The minimum absolute atomic E-state index is 0.0553. The first-order valence-electron chi connectivity index (χ1n) is 32.9. The Bertz CT molecular complexity index is 1320. The maximum absolute atomic E-state index is 13.0. The zero-order valence-corrected chi connectivity index (χ0v) is 51.7. The van der Waals surface area contributed by atoms with Crippen LogP contribution in [0.5, 0.6) is 0 Å². The van der Waals surface area contributed by atoms with Gasteiger partial charge in [0.05, 0.1) is 39.9 Å². The number of amides is 1. The van der Waals surface area contributed by atoms with Gasteiger partial charge in [-0.05, 0) is 44.9 Å². The van der Waals surface area contributed by atoms with Crippen LogP contribution in [0.15, 0.2) is 36.5 Å². The molecule has 0 aromatic rings. The molecule has 444 valence electrons. The highest BCUT2D eigenvalue weighted by Gasteiger charge is 2.28. The zero-order chi connectivity index (χ0) is 54.9. The Kier molecular flexibility index (Phi) is 56.4. The van der Waals surface area contributed by atoms with Crippen LogP contribution in [-0.4, -0.2) is 73.4 Å². The monoisotopic (exact) mass is 1080 g/mol. The van der Waals surface area contributed by atoms with Crippen molar-refractivity contribution >= 4 is 13.7 Å². The lowest BCUT2D eigenvalue weighted by molar-refractivity contribution is -0.870. The Labute approximate surface area is 467 Å². The zero-order valence-electron chi connectivity index (χ0n) is 50.8. The molecule has 0 fully saturated rings. The molecule has 0 aromatic carbocycles. The fourth-order valence-electron chi connectivity index (χ4n) is 9.96. The van der Waals surface area contributed by atoms with Crippen LogP contribution in [0.3, 0.4) is 0 Å². The Morgan fingerprint density at radius 3 is 1.07 bits per heavy atom. The van der Waals surface area contributed by atoms with Crippen molar-refractivity contribution in [3.63, 3.8) is 0 Å². The lowest BCUT2D eigenvalue weighted by Crippen LogP contribution is -2.45. The van der Waals surface area contributed by atoms with Gasteiger partial charge in [0.25, 0.3) is 0 Å². The molecular formula is C66H130N2O6P+. The number of hydrogen-bond acceptors (Lipinski definition) is 5. The third-order valence-electron chi connectivity index (χ3n) is 15.1. The maximum atomic E-state index is 13.0. The molecule has 3 unspecified atom stereocenters. The molecule has 8 nitrogen and oxygen atoms in total. The van der Waals surface area contributed by atoms with Crippen LogP contribution in [0, 0.1) is 0 Å². The molecule has 0 aliphatic heterocycles. The van der Waals surface area contributed by atoms with Gasteiger partial charge in [-0.3, -0.25) is 13.8 Å². The normalized spacial score (nSPS) is 14.0. The van der Waals surface area contributed by atoms with Crippen LogP contribution in [0.1, 0.15) is 328 Å². The molecule has 9 heteroatoms. The van der Waals surface area contributed by atoms with Crippen molar-refractivity contribution in [1.29, 1.82) is 0 Å². The van der Waals surface area contributed by atoms with Gasteiger partial charge in [0.15, 0.2) is 0 Å². The summed E-state index contributed by atoms with van der Waals surface area (Å²) in [7, 11) is 1.56. The van der Waals surface area contributed by atoms with Crippen LogP contribution in [-0.2, 0) is 18.4 Å². The molecule has 0 heterocycles. The molecule has 0 spiro atoms. The van der Waals surface area contributed by atoms with Crippen LogP contribution in [0.25, 0.3) is 0 Å². The van der Waals surface area contributed by atoms with Crippen LogP contribution >= 0.6 is 7.82 Å². The van der Waals surface area contributed by atoms with Crippen LogP contribution < -0.4 is 5.32 Å². The highest BCUT2D eigenvalue weighted by atomic mass is 31.2. The van der Waals surface area contributed by atoms with Crippen molar-refractivity contribution in [3.05, 3.63) is 36.5 Å². The van der Waals surface area contributed by atoms with Crippen molar-refractivity contribution in [3.8, 4) is 0 Å². The summed E-state index contributed by atoms with van der Waals surface area (Å²) in [5.74, 6) is -0.184. The maximum Gasteiger partial charge on any atom is 0.472 e. The summed E-state index contributed by atoms with van der Waals surface area (Å²) < 4.78 is 23.8. The number of quaternary nitrogens is 1. The molecular weight excluding hydrogens is 948 g/mol. The molecule has 0 aliphatic carbocycles. The van der Waals surface area contributed by atoms with E-state index in [0.29, 0.717) is 17.4 Å². The summed E-state index contributed by atoms with van der Waals surface area (Å²) >= 11 is 0. The first-order valence-corrected chi connectivity index (χ1v) is 34.4. The SMILES string of the molecule is CCCCCCCCCCCCCCCCCCC/C=C/CC/C=C/CC/C=C/C(O)C(COP(=O)(O)OCC[N+](C)(C)C)NC(=O)CCCCCCCCCCCCCCCCCCCCCCCCCCCC. The number of likely N-dealkylation sites (N-methyl/N-ethyl adjacent to an activating group) is 1. The third-order valence-corrected chi connectivity index (χ3v) is 16.1. The second kappa shape index (κ2) is 57.4. The highest BCUT2D eigenvalue weighted by molar-refractivity contribution is 7.47. The Morgan fingerprint density at radius 1 is 0.440 bits per heavy atom.